The maximum absolute atomic E-state index is 12.6. The van der Waals surface area contributed by atoms with Crippen LogP contribution in [0.1, 0.15) is 58.3 Å². The Morgan fingerprint density at radius 1 is 1.35 bits per heavy atom. The summed E-state index contributed by atoms with van der Waals surface area (Å²) >= 11 is 0. The van der Waals surface area contributed by atoms with Crippen molar-refractivity contribution in [3.8, 4) is 0 Å². The fraction of sp³-hybridized carbons (Fsp3) is 0.765. The van der Waals surface area contributed by atoms with Crippen molar-refractivity contribution in [3.63, 3.8) is 0 Å². The van der Waals surface area contributed by atoms with E-state index >= 15 is 0 Å². The number of aromatic amines is 1. The number of nitrogens with zero attached hydrogens (tertiary/aromatic N) is 1. The van der Waals surface area contributed by atoms with Gasteiger partial charge in [0.25, 0.3) is 0 Å². The normalized spacial score (nSPS) is 25.7. The summed E-state index contributed by atoms with van der Waals surface area (Å²) in [6, 6.07) is 2.05. The number of hydrogen-bond acceptors (Lipinski definition) is 3. The third kappa shape index (κ3) is 3.26. The maximum atomic E-state index is 12.6. The molecule has 6 heteroatoms. The molecule has 1 saturated carbocycles. The summed E-state index contributed by atoms with van der Waals surface area (Å²) in [5.74, 6) is 0.196. The zero-order chi connectivity index (χ0) is 16.0. The zero-order valence-electron chi connectivity index (χ0n) is 14.6. The van der Waals surface area contributed by atoms with Crippen LogP contribution in [0.3, 0.4) is 0 Å². The number of rotatable bonds is 3. The van der Waals surface area contributed by atoms with Gasteiger partial charge in [0.05, 0.1) is 23.3 Å². The third-order valence-electron chi connectivity index (χ3n) is 5.64. The van der Waals surface area contributed by atoms with Crippen molar-refractivity contribution in [3.05, 3.63) is 17.5 Å². The Kier molecular flexibility index (Phi) is 4.84. The second-order valence-electron chi connectivity index (χ2n) is 8.25. The lowest BCUT2D eigenvalue weighted by Gasteiger charge is -2.27. The van der Waals surface area contributed by atoms with E-state index < -0.39 is 0 Å². The SMILES string of the molecule is CC(C)(C)c1cc(CNC(=O)C2(C)CC23CCNCC3)[nH]n1.Cl. The number of amides is 1. The van der Waals surface area contributed by atoms with Crippen molar-refractivity contribution in [1.29, 1.82) is 0 Å². The lowest BCUT2D eigenvalue weighted by molar-refractivity contribution is -0.127. The summed E-state index contributed by atoms with van der Waals surface area (Å²) in [5, 5.41) is 13.9. The first kappa shape index (κ1) is 18.3. The number of carbonyl (C=O) groups is 1. The molecule has 5 nitrogen and oxygen atoms in total. The molecule has 130 valence electrons. The minimum Gasteiger partial charge on any atom is -0.350 e. The predicted molar refractivity (Wildman–Crippen MR) is 93.6 cm³/mol. The van der Waals surface area contributed by atoms with Crippen LogP contribution in [0.4, 0.5) is 0 Å². The second kappa shape index (κ2) is 6.10. The van der Waals surface area contributed by atoms with Gasteiger partial charge >= 0.3 is 0 Å². The molecule has 1 aromatic rings. The van der Waals surface area contributed by atoms with Crippen molar-refractivity contribution in [2.24, 2.45) is 10.8 Å². The molecule has 1 aliphatic heterocycles. The first-order chi connectivity index (χ1) is 10.3. The fourth-order valence-electron chi connectivity index (χ4n) is 3.79. The highest BCUT2D eigenvalue weighted by atomic mass is 35.5. The molecule has 0 bridgehead atoms. The van der Waals surface area contributed by atoms with Crippen LogP contribution in [0.2, 0.25) is 0 Å². The lowest BCUT2D eigenvalue weighted by atomic mass is 9.85. The van der Waals surface area contributed by atoms with Crippen LogP contribution in [0.25, 0.3) is 0 Å². The van der Waals surface area contributed by atoms with E-state index in [1.165, 1.54) is 0 Å². The van der Waals surface area contributed by atoms with Crippen LogP contribution in [0, 0.1) is 10.8 Å². The molecule has 1 amide bonds. The standard InChI is InChI=1S/C17H28N4O.ClH/c1-15(2,3)13-9-12(20-21-13)10-19-14(22)16(4)11-17(16)5-7-18-8-6-17;/h9,18H,5-8,10-11H2,1-4H3,(H,19,22)(H,20,21);1H. The molecule has 2 aliphatic rings. The van der Waals surface area contributed by atoms with Crippen LogP contribution in [0.5, 0.6) is 0 Å². The van der Waals surface area contributed by atoms with Gasteiger partial charge in [-0.05, 0) is 43.8 Å². The number of carbonyl (C=O) groups excluding carboxylic acids is 1. The summed E-state index contributed by atoms with van der Waals surface area (Å²) in [6.07, 6.45) is 3.27. The highest BCUT2D eigenvalue weighted by Crippen LogP contribution is 2.68. The smallest absolute Gasteiger partial charge is 0.226 e. The minimum absolute atomic E-state index is 0. The quantitative estimate of drug-likeness (QED) is 0.792. The highest BCUT2D eigenvalue weighted by Gasteiger charge is 2.67. The molecule has 2 heterocycles. The molecule has 1 saturated heterocycles. The number of nitrogens with one attached hydrogen (secondary N) is 3. The van der Waals surface area contributed by atoms with E-state index in [2.05, 4.69) is 54.6 Å². The van der Waals surface area contributed by atoms with E-state index in [9.17, 15) is 4.79 Å². The first-order valence-corrected chi connectivity index (χ1v) is 8.31. The largest absolute Gasteiger partial charge is 0.350 e. The Labute approximate surface area is 144 Å². The number of piperidine rings is 1. The molecule has 0 aromatic carbocycles. The van der Waals surface area contributed by atoms with E-state index in [4.69, 9.17) is 0 Å². The third-order valence-corrected chi connectivity index (χ3v) is 5.64. The van der Waals surface area contributed by atoms with Gasteiger partial charge < -0.3 is 10.6 Å². The van der Waals surface area contributed by atoms with E-state index in [0.717, 1.165) is 43.7 Å². The predicted octanol–water partition coefficient (Wildman–Crippen LogP) is 2.53. The summed E-state index contributed by atoms with van der Waals surface area (Å²) in [7, 11) is 0. The Hall–Kier alpha value is -1.07. The van der Waals surface area contributed by atoms with Gasteiger partial charge in [-0.1, -0.05) is 27.7 Å². The van der Waals surface area contributed by atoms with Crippen LogP contribution in [-0.2, 0) is 16.8 Å². The van der Waals surface area contributed by atoms with Crippen molar-refractivity contribution in [1.82, 2.24) is 20.8 Å². The van der Waals surface area contributed by atoms with Gasteiger partial charge in [0.2, 0.25) is 5.91 Å². The molecule has 3 rings (SSSR count). The molecule has 3 N–H and O–H groups in total. The van der Waals surface area contributed by atoms with Gasteiger partial charge in [-0.25, -0.2) is 0 Å². The molecule has 1 unspecified atom stereocenters. The van der Waals surface area contributed by atoms with Gasteiger partial charge in [0.1, 0.15) is 0 Å². The average Bonchev–Trinajstić information content (AvgIpc) is 2.86. The lowest BCUT2D eigenvalue weighted by Crippen LogP contribution is -2.38. The molecule has 1 atom stereocenters. The van der Waals surface area contributed by atoms with Gasteiger partial charge in [-0.3, -0.25) is 9.89 Å². The summed E-state index contributed by atoms with van der Waals surface area (Å²) in [5.41, 5.74) is 2.10. The Morgan fingerprint density at radius 3 is 2.57 bits per heavy atom. The van der Waals surface area contributed by atoms with Crippen LogP contribution < -0.4 is 10.6 Å². The van der Waals surface area contributed by atoms with Crippen LogP contribution in [0.15, 0.2) is 6.07 Å². The van der Waals surface area contributed by atoms with E-state index in [-0.39, 0.29) is 34.6 Å². The molecular formula is C17H29ClN4O. The maximum Gasteiger partial charge on any atom is 0.226 e. The number of hydrogen-bond donors (Lipinski definition) is 3. The molecule has 1 aromatic heterocycles. The van der Waals surface area contributed by atoms with Gasteiger partial charge in [0, 0.05) is 5.41 Å². The first-order valence-electron chi connectivity index (χ1n) is 8.31. The van der Waals surface area contributed by atoms with E-state index in [1.807, 2.05) is 0 Å². The molecule has 1 spiro atoms. The summed E-state index contributed by atoms with van der Waals surface area (Å²) in [4.78, 5) is 12.6. The van der Waals surface area contributed by atoms with Gasteiger partial charge in [-0.2, -0.15) is 5.10 Å². The molecular weight excluding hydrogens is 312 g/mol. The number of H-pyrrole nitrogens is 1. The summed E-state index contributed by atoms with van der Waals surface area (Å²) in [6.45, 7) is 11.1. The van der Waals surface area contributed by atoms with Gasteiger partial charge in [0.15, 0.2) is 0 Å². The molecule has 23 heavy (non-hydrogen) atoms. The van der Waals surface area contributed by atoms with Gasteiger partial charge in [-0.15, -0.1) is 12.4 Å². The van der Waals surface area contributed by atoms with E-state index in [0.29, 0.717) is 6.54 Å². The molecule has 1 aliphatic carbocycles. The van der Waals surface area contributed by atoms with E-state index in [1.54, 1.807) is 0 Å². The minimum atomic E-state index is -0.179. The van der Waals surface area contributed by atoms with Crippen molar-refractivity contribution >= 4 is 18.3 Å². The Bertz CT molecular complexity index is 571. The number of aromatic nitrogens is 2. The monoisotopic (exact) mass is 340 g/mol. The van der Waals surface area contributed by atoms with Crippen molar-refractivity contribution in [2.45, 2.75) is 58.9 Å². The fourth-order valence-corrected chi connectivity index (χ4v) is 3.79. The van der Waals surface area contributed by atoms with Crippen molar-refractivity contribution < 1.29 is 4.79 Å². The van der Waals surface area contributed by atoms with Crippen LogP contribution >= 0.6 is 12.4 Å². The Morgan fingerprint density at radius 2 is 2.00 bits per heavy atom. The zero-order valence-corrected chi connectivity index (χ0v) is 15.4. The highest BCUT2D eigenvalue weighted by molar-refractivity contribution is 5.86. The summed E-state index contributed by atoms with van der Waals surface area (Å²) < 4.78 is 0. The topological polar surface area (TPSA) is 69.8 Å². The number of halogens is 1. The molecule has 0 radical (unpaired) electrons. The van der Waals surface area contributed by atoms with Crippen molar-refractivity contribution in [2.75, 3.05) is 13.1 Å². The Balaban J connectivity index is 0.00000192. The second-order valence-corrected chi connectivity index (χ2v) is 8.25. The van der Waals surface area contributed by atoms with Crippen LogP contribution in [-0.4, -0.2) is 29.2 Å². The molecule has 2 fully saturated rings. The average molecular weight is 341 g/mol.